The molecule has 2 heterocycles. The maximum absolute atomic E-state index is 11.9. The van der Waals surface area contributed by atoms with Gasteiger partial charge in [-0.15, -0.1) is 0 Å². The molecule has 0 N–H and O–H groups in total. The van der Waals surface area contributed by atoms with E-state index in [9.17, 15) is 9.59 Å². The summed E-state index contributed by atoms with van der Waals surface area (Å²) in [5.74, 6) is -0.209. The van der Waals surface area contributed by atoms with Gasteiger partial charge in [-0.05, 0) is 33.6 Å². The summed E-state index contributed by atoms with van der Waals surface area (Å²) < 4.78 is 10.1. The van der Waals surface area contributed by atoms with Gasteiger partial charge < -0.3 is 14.4 Å². The van der Waals surface area contributed by atoms with Crippen LogP contribution in [-0.2, 0) is 14.3 Å². The van der Waals surface area contributed by atoms with Gasteiger partial charge in [0.15, 0.2) is 0 Å². The molecule has 17 heavy (non-hydrogen) atoms. The molecular formula is C12H19NO4. The van der Waals surface area contributed by atoms with Crippen LogP contribution in [0.25, 0.3) is 0 Å². The molecule has 1 amide bonds. The zero-order valence-electron chi connectivity index (χ0n) is 10.8. The SMILES string of the molecule is COC(=O)C12CC(C1)N(C(=O)OC(C)(C)C)C2. The van der Waals surface area contributed by atoms with E-state index in [0.717, 1.165) is 0 Å². The van der Waals surface area contributed by atoms with Gasteiger partial charge in [0.25, 0.3) is 0 Å². The minimum Gasteiger partial charge on any atom is -0.469 e. The van der Waals surface area contributed by atoms with Crippen molar-refractivity contribution in [2.24, 2.45) is 5.41 Å². The van der Waals surface area contributed by atoms with E-state index >= 15 is 0 Å². The van der Waals surface area contributed by atoms with Crippen molar-refractivity contribution in [3.63, 3.8) is 0 Å². The van der Waals surface area contributed by atoms with Gasteiger partial charge in [-0.2, -0.15) is 0 Å². The van der Waals surface area contributed by atoms with Crippen LogP contribution < -0.4 is 0 Å². The molecule has 0 atom stereocenters. The molecule has 5 heteroatoms. The number of amides is 1. The van der Waals surface area contributed by atoms with Gasteiger partial charge in [-0.3, -0.25) is 4.79 Å². The van der Waals surface area contributed by atoms with Crippen LogP contribution in [0.5, 0.6) is 0 Å². The molecule has 3 rings (SSSR count). The predicted molar refractivity (Wildman–Crippen MR) is 60.4 cm³/mol. The number of hydrogen-bond donors (Lipinski definition) is 0. The molecular weight excluding hydrogens is 222 g/mol. The van der Waals surface area contributed by atoms with Gasteiger partial charge >= 0.3 is 12.1 Å². The van der Waals surface area contributed by atoms with Crippen LogP contribution in [0.3, 0.4) is 0 Å². The summed E-state index contributed by atoms with van der Waals surface area (Å²) in [6.07, 6.45) is 1.09. The maximum atomic E-state index is 11.9. The molecule has 0 unspecified atom stereocenters. The first-order valence-electron chi connectivity index (χ1n) is 5.85. The third-order valence-corrected chi connectivity index (χ3v) is 3.41. The van der Waals surface area contributed by atoms with E-state index in [-0.39, 0.29) is 18.1 Å². The zero-order valence-corrected chi connectivity index (χ0v) is 10.8. The van der Waals surface area contributed by atoms with E-state index in [0.29, 0.717) is 19.4 Å². The fourth-order valence-corrected chi connectivity index (χ4v) is 2.63. The highest BCUT2D eigenvalue weighted by molar-refractivity contribution is 5.82. The molecule has 0 aromatic heterocycles. The van der Waals surface area contributed by atoms with Gasteiger partial charge in [0.05, 0.1) is 12.5 Å². The lowest BCUT2D eigenvalue weighted by Crippen LogP contribution is -2.42. The first-order chi connectivity index (χ1) is 7.77. The number of ether oxygens (including phenoxy) is 2. The normalized spacial score (nSPS) is 30.8. The van der Waals surface area contributed by atoms with E-state index < -0.39 is 11.0 Å². The Bertz CT molecular complexity index is 352. The van der Waals surface area contributed by atoms with Crippen LogP contribution in [0, 0.1) is 5.41 Å². The van der Waals surface area contributed by atoms with Crippen LogP contribution in [0.4, 0.5) is 4.79 Å². The Kier molecular flexibility index (Phi) is 2.60. The second-order valence-corrected chi connectivity index (χ2v) is 5.94. The van der Waals surface area contributed by atoms with Crippen molar-refractivity contribution < 1.29 is 19.1 Å². The van der Waals surface area contributed by atoms with Crippen molar-refractivity contribution in [2.75, 3.05) is 13.7 Å². The molecule has 2 aliphatic heterocycles. The number of rotatable bonds is 1. The third-order valence-electron chi connectivity index (χ3n) is 3.41. The largest absolute Gasteiger partial charge is 0.469 e. The molecule has 5 nitrogen and oxygen atoms in total. The van der Waals surface area contributed by atoms with E-state index in [2.05, 4.69) is 0 Å². The Balaban J connectivity index is 2.00. The smallest absolute Gasteiger partial charge is 0.410 e. The molecule has 3 aliphatic rings. The average Bonchev–Trinajstić information content (AvgIpc) is 2.68. The first-order valence-corrected chi connectivity index (χ1v) is 5.85. The second-order valence-electron chi connectivity index (χ2n) is 5.94. The number of carbonyl (C=O) groups excluding carboxylic acids is 2. The second kappa shape index (κ2) is 3.62. The molecule has 2 saturated heterocycles. The van der Waals surface area contributed by atoms with E-state index in [1.165, 1.54) is 7.11 Å². The van der Waals surface area contributed by atoms with Gasteiger partial charge in [-0.1, -0.05) is 0 Å². The molecule has 1 saturated carbocycles. The number of hydrogen-bond acceptors (Lipinski definition) is 4. The number of carbonyl (C=O) groups is 2. The Labute approximate surface area is 101 Å². The summed E-state index contributed by atoms with van der Waals surface area (Å²) in [6, 6.07) is 0.143. The summed E-state index contributed by atoms with van der Waals surface area (Å²) in [6.45, 7) is 5.93. The lowest BCUT2D eigenvalue weighted by molar-refractivity contribution is -0.154. The van der Waals surface area contributed by atoms with Gasteiger partial charge in [-0.25, -0.2) is 4.79 Å². The molecule has 0 spiro atoms. The quantitative estimate of drug-likeness (QED) is 0.654. The number of esters is 1. The topological polar surface area (TPSA) is 55.8 Å². The highest BCUT2D eigenvalue weighted by Crippen LogP contribution is 2.52. The summed E-state index contributed by atoms with van der Waals surface area (Å²) in [7, 11) is 1.39. The van der Waals surface area contributed by atoms with Crippen molar-refractivity contribution >= 4 is 12.1 Å². The summed E-state index contributed by atoms with van der Waals surface area (Å²) in [5, 5.41) is 0. The van der Waals surface area contributed by atoms with Crippen molar-refractivity contribution in [3.8, 4) is 0 Å². The van der Waals surface area contributed by atoms with Crippen LogP contribution in [-0.4, -0.2) is 42.3 Å². The van der Waals surface area contributed by atoms with Crippen LogP contribution in [0.15, 0.2) is 0 Å². The summed E-state index contributed by atoms with van der Waals surface area (Å²) in [4.78, 5) is 25.2. The van der Waals surface area contributed by atoms with Crippen molar-refractivity contribution in [1.82, 2.24) is 4.90 Å². The Morgan fingerprint density at radius 2 is 1.88 bits per heavy atom. The summed E-state index contributed by atoms with van der Waals surface area (Å²) >= 11 is 0. The molecule has 0 radical (unpaired) electrons. The molecule has 96 valence electrons. The molecule has 1 aliphatic carbocycles. The fraction of sp³-hybridized carbons (Fsp3) is 0.833. The van der Waals surface area contributed by atoms with Crippen molar-refractivity contribution in [2.45, 2.75) is 45.3 Å². The van der Waals surface area contributed by atoms with E-state index in [1.54, 1.807) is 4.90 Å². The van der Waals surface area contributed by atoms with Gasteiger partial charge in [0.1, 0.15) is 5.60 Å². The molecule has 0 aromatic rings. The number of nitrogens with zero attached hydrogens (tertiary/aromatic N) is 1. The Hall–Kier alpha value is -1.26. The zero-order chi connectivity index (χ0) is 12.8. The molecule has 2 bridgehead atoms. The van der Waals surface area contributed by atoms with Crippen LogP contribution >= 0.6 is 0 Å². The van der Waals surface area contributed by atoms with E-state index in [1.807, 2.05) is 20.8 Å². The van der Waals surface area contributed by atoms with Crippen molar-refractivity contribution in [1.29, 1.82) is 0 Å². The Morgan fingerprint density at radius 3 is 2.35 bits per heavy atom. The maximum Gasteiger partial charge on any atom is 0.410 e. The van der Waals surface area contributed by atoms with Gasteiger partial charge in [0.2, 0.25) is 0 Å². The highest BCUT2D eigenvalue weighted by atomic mass is 16.6. The van der Waals surface area contributed by atoms with Crippen LogP contribution in [0.2, 0.25) is 0 Å². The third kappa shape index (κ3) is 1.98. The fourth-order valence-electron chi connectivity index (χ4n) is 2.63. The van der Waals surface area contributed by atoms with E-state index in [4.69, 9.17) is 9.47 Å². The minimum atomic E-state index is -0.498. The summed E-state index contributed by atoms with van der Waals surface area (Å²) in [5.41, 5.74) is -0.960. The van der Waals surface area contributed by atoms with Crippen molar-refractivity contribution in [3.05, 3.63) is 0 Å². The molecule has 3 fully saturated rings. The Morgan fingerprint density at radius 1 is 1.29 bits per heavy atom. The highest BCUT2D eigenvalue weighted by Gasteiger charge is 2.62. The lowest BCUT2D eigenvalue weighted by Gasteiger charge is -2.34. The minimum absolute atomic E-state index is 0.143. The standard InChI is InChI=1S/C12H19NO4/c1-11(2,3)17-10(15)13-7-12(9(14)16-4)5-8(13)6-12/h8H,5-7H2,1-4H3. The monoisotopic (exact) mass is 241 g/mol. The number of fused-ring (bicyclic) bond motifs is 1. The average molecular weight is 241 g/mol. The van der Waals surface area contributed by atoms with Gasteiger partial charge in [0, 0.05) is 12.6 Å². The number of methoxy groups -OCH3 is 1. The van der Waals surface area contributed by atoms with Crippen LogP contribution in [0.1, 0.15) is 33.6 Å². The predicted octanol–water partition coefficient (Wildman–Crippen LogP) is 1.56. The first kappa shape index (κ1) is 12.2. The molecule has 0 aromatic carbocycles. The lowest BCUT2D eigenvalue weighted by atomic mass is 9.70.